The molecule has 2 N–H and O–H groups in total. The number of nitrogens with one attached hydrogen (secondary N) is 2. The van der Waals surface area contributed by atoms with Crippen LogP contribution in [0.3, 0.4) is 0 Å². The van der Waals surface area contributed by atoms with E-state index in [0.717, 1.165) is 4.68 Å². The molecule has 5 aromatic rings. The molecule has 6 rings (SSSR count). The molecule has 13 heteroatoms. The number of benzene rings is 2. The number of fused-ring (bicyclic) bond motifs is 2. The van der Waals surface area contributed by atoms with E-state index in [1.807, 2.05) is 20.8 Å². The third-order valence-corrected chi connectivity index (χ3v) is 8.07. The summed E-state index contributed by atoms with van der Waals surface area (Å²) in [5.41, 5.74) is 0.625. The Balaban J connectivity index is 1.54. The standard InChI is InChI=1S/C33H27F3N10/c1-31(2,3)18-42-29-20(14-38)16-41-28-19(13-37)11-21(12-25(28)29)43-30(24-6-4-5-23-22(24)7-10-40-26(23)15-39)27-17-46(45-44-27)32(8-9-32)33(34,35)36/h4-7,10-12,16-17,30,43H,8-9,18H2,1-3H3,(H,41,42)/t30-/m0/s1. The SMILES string of the molecule is CC(C)(C)CNc1c(C#N)cnc2c(C#N)cc(N[C@H](c3cn(C4(C(F)(F)F)CC4)nn3)c3cccc4c(C#N)nccc34)cc12. The predicted molar refractivity (Wildman–Crippen MR) is 164 cm³/mol. The molecule has 1 atom stereocenters. The molecule has 2 aromatic carbocycles. The van der Waals surface area contributed by atoms with Gasteiger partial charge in [0.2, 0.25) is 0 Å². The van der Waals surface area contributed by atoms with Crippen molar-refractivity contribution in [1.29, 1.82) is 15.8 Å². The average molecular weight is 621 g/mol. The maximum atomic E-state index is 14.0. The second kappa shape index (κ2) is 11.0. The topological polar surface area (TPSA) is 152 Å². The zero-order chi connectivity index (χ0) is 32.9. The van der Waals surface area contributed by atoms with Crippen molar-refractivity contribution in [3.8, 4) is 18.2 Å². The third-order valence-electron chi connectivity index (χ3n) is 8.07. The quantitative estimate of drug-likeness (QED) is 0.202. The summed E-state index contributed by atoms with van der Waals surface area (Å²) in [6, 6.07) is 15.9. The van der Waals surface area contributed by atoms with Gasteiger partial charge in [0.25, 0.3) is 0 Å². The molecule has 0 saturated heterocycles. The Morgan fingerprint density at radius 2 is 1.72 bits per heavy atom. The normalized spacial score (nSPS) is 14.7. The minimum atomic E-state index is -4.50. The molecular weight excluding hydrogens is 593 g/mol. The summed E-state index contributed by atoms with van der Waals surface area (Å²) >= 11 is 0. The van der Waals surface area contributed by atoms with E-state index < -0.39 is 17.8 Å². The van der Waals surface area contributed by atoms with E-state index in [2.05, 4.69) is 49.1 Å². The Bertz CT molecular complexity index is 2120. The fourth-order valence-electron chi connectivity index (χ4n) is 5.53. The summed E-state index contributed by atoms with van der Waals surface area (Å²) in [6.45, 7) is 6.66. The van der Waals surface area contributed by atoms with Crippen LogP contribution in [0.4, 0.5) is 24.5 Å². The first kappa shape index (κ1) is 30.3. The molecule has 0 radical (unpaired) electrons. The van der Waals surface area contributed by atoms with Gasteiger partial charge < -0.3 is 10.6 Å². The van der Waals surface area contributed by atoms with E-state index >= 15 is 0 Å². The smallest absolute Gasteiger partial charge is 0.383 e. The van der Waals surface area contributed by atoms with Crippen molar-refractivity contribution in [1.82, 2.24) is 25.0 Å². The second-order valence-electron chi connectivity index (χ2n) is 12.5. The maximum absolute atomic E-state index is 14.0. The molecule has 46 heavy (non-hydrogen) atoms. The van der Waals surface area contributed by atoms with Crippen LogP contribution in [-0.4, -0.2) is 37.7 Å². The number of halogens is 3. The van der Waals surface area contributed by atoms with Crippen LogP contribution < -0.4 is 10.6 Å². The molecule has 0 aliphatic heterocycles. The van der Waals surface area contributed by atoms with Gasteiger partial charge in [-0.15, -0.1) is 5.10 Å². The first-order valence-electron chi connectivity index (χ1n) is 14.4. The molecule has 0 amide bonds. The number of nitrogens with zero attached hydrogens (tertiary/aromatic N) is 8. The summed E-state index contributed by atoms with van der Waals surface area (Å²) in [7, 11) is 0. The summed E-state index contributed by atoms with van der Waals surface area (Å²) in [4.78, 5) is 8.56. The molecule has 3 heterocycles. The minimum Gasteiger partial charge on any atom is -0.383 e. The first-order chi connectivity index (χ1) is 21.9. The van der Waals surface area contributed by atoms with Gasteiger partial charge in [0.15, 0.2) is 5.54 Å². The highest BCUT2D eigenvalue weighted by molar-refractivity contribution is 5.99. The van der Waals surface area contributed by atoms with Gasteiger partial charge in [-0.25, -0.2) is 9.67 Å². The molecule has 0 spiro atoms. The monoisotopic (exact) mass is 620 g/mol. The lowest BCUT2D eigenvalue weighted by Gasteiger charge is -2.23. The fraction of sp³-hybridized carbons (Fsp3) is 0.303. The number of hydrogen-bond acceptors (Lipinski definition) is 9. The summed E-state index contributed by atoms with van der Waals surface area (Å²) in [6.07, 6.45) is -0.493. The van der Waals surface area contributed by atoms with Gasteiger partial charge in [-0.3, -0.25) is 4.98 Å². The lowest BCUT2D eigenvalue weighted by atomic mass is 9.95. The number of pyridine rings is 2. The number of aromatic nitrogens is 5. The maximum Gasteiger partial charge on any atom is 0.413 e. The number of alkyl halides is 3. The summed E-state index contributed by atoms with van der Waals surface area (Å²) in [5.74, 6) is 0. The number of hydrogen-bond donors (Lipinski definition) is 2. The molecule has 1 saturated carbocycles. The van der Waals surface area contributed by atoms with E-state index in [0.29, 0.717) is 50.7 Å². The van der Waals surface area contributed by atoms with Crippen molar-refractivity contribution in [2.75, 3.05) is 17.2 Å². The van der Waals surface area contributed by atoms with Gasteiger partial charge >= 0.3 is 6.18 Å². The number of rotatable bonds is 7. The van der Waals surface area contributed by atoms with Crippen LogP contribution >= 0.6 is 0 Å². The van der Waals surface area contributed by atoms with Crippen molar-refractivity contribution in [2.24, 2.45) is 5.41 Å². The zero-order valence-corrected chi connectivity index (χ0v) is 25.1. The first-order valence-corrected chi connectivity index (χ1v) is 14.4. The molecular formula is C33H27F3N10. The number of anilines is 2. The Labute approximate surface area is 262 Å². The highest BCUT2D eigenvalue weighted by Crippen LogP contribution is 2.55. The van der Waals surface area contributed by atoms with Crippen LogP contribution in [0.5, 0.6) is 0 Å². The Morgan fingerprint density at radius 1 is 0.957 bits per heavy atom. The molecule has 1 aliphatic carbocycles. The molecule has 0 unspecified atom stereocenters. The van der Waals surface area contributed by atoms with E-state index in [4.69, 9.17) is 0 Å². The molecule has 230 valence electrons. The highest BCUT2D eigenvalue weighted by Gasteiger charge is 2.66. The molecule has 0 bridgehead atoms. The fourth-order valence-corrected chi connectivity index (χ4v) is 5.53. The van der Waals surface area contributed by atoms with E-state index in [9.17, 15) is 29.0 Å². The largest absolute Gasteiger partial charge is 0.413 e. The number of nitriles is 3. The van der Waals surface area contributed by atoms with Crippen molar-refractivity contribution in [2.45, 2.75) is 51.4 Å². The van der Waals surface area contributed by atoms with Gasteiger partial charge in [0, 0.05) is 35.4 Å². The van der Waals surface area contributed by atoms with Gasteiger partial charge in [-0.2, -0.15) is 29.0 Å². The van der Waals surface area contributed by atoms with Crippen LogP contribution in [0.25, 0.3) is 21.7 Å². The Kier molecular flexibility index (Phi) is 7.25. The van der Waals surface area contributed by atoms with Gasteiger partial charge in [0.05, 0.1) is 34.6 Å². The third kappa shape index (κ3) is 5.28. The summed E-state index contributed by atoms with van der Waals surface area (Å²) < 4.78 is 42.9. The Hall–Kier alpha value is -5.74. The van der Waals surface area contributed by atoms with Crippen LogP contribution in [0.15, 0.2) is 55.0 Å². The lowest BCUT2D eigenvalue weighted by Crippen LogP contribution is -2.35. The van der Waals surface area contributed by atoms with Crippen molar-refractivity contribution < 1.29 is 13.2 Å². The summed E-state index contributed by atoms with van der Waals surface area (Å²) in [5, 5.41) is 46.3. The van der Waals surface area contributed by atoms with Gasteiger partial charge in [-0.1, -0.05) is 44.2 Å². The molecule has 1 aliphatic rings. The molecule has 1 fully saturated rings. The van der Waals surface area contributed by atoms with Crippen molar-refractivity contribution >= 4 is 33.1 Å². The molecule has 3 aromatic heterocycles. The van der Waals surface area contributed by atoms with Crippen molar-refractivity contribution in [3.63, 3.8) is 0 Å². The van der Waals surface area contributed by atoms with Crippen LogP contribution in [-0.2, 0) is 5.54 Å². The van der Waals surface area contributed by atoms with Crippen LogP contribution in [0.1, 0.15) is 67.7 Å². The second-order valence-corrected chi connectivity index (χ2v) is 12.5. The van der Waals surface area contributed by atoms with Crippen LogP contribution in [0.2, 0.25) is 0 Å². The van der Waals surface area contributed by atoms with Gasteiger partial charge in [-0.05, 0) is 47.4 Å². The zero-order valence-electron chi connectivity index (χ0n) is 25.1. The van der Waals surface area contributed by atoms with E-state index in [1.54, 1.807) is 36.4 Å². The predicted octanol–water partition coefficient (Wildman–Crippen LogP) is 6.70. The van der Waals surface area contributed by atoms with E-state index in [-0.39, 0.29) is 35.2 Å². The van der Waals surface area contributed by atoms with E-state index in [1.165, 1.54) is 18.6 Å². The minimum absolute atomic E-state index is 0.0996. The lowest BCUT2D eigenvalue weighted by molar-refractivity contribution is -0.182. The molecule has 10 nitrogen and oxygen atoms in total. The Morgan fingerprint density at radius 3 is 2.37 bits per heavy atom. The highest BCUT2D eigenvalue weighted by atomic mass is 19.4. The van der Waals surface area contributed by atoms with Crippen LogP contribution in [0, 0.1) is 39.4 Å². The average Bonchev–Trinajstić information content (AvgIpc) is 3.72. The van der Waals surface area contributed by atoms with Gasteiger partial charge in [0.1, 0.15) is 29.6 Å². The van der Waals surface area contributed by atoms with Crippen molar-refractivity contribution in [3.05, 3.63) is 83.1 Å².